The van der Waals surface area contributed by atoms with Crippen molar-refractivity contribution >= 4 is 49.4 Å². The summed E-state index contributed by atoms with van der Waals surface area (Å²) in [5, 5.41) is 10.5. The van der Waals surface area contributed by atoms with E-state index in [1.165, 1.54) is 24.3 Å². The molecule has 2 N–H and O–H groups in total. The molecule has 1 aromatic heterocycles. The molecule has 4 nitrogen and oxygen atoms in total. The van der Waals surface area contributed by atoms with E-state index in [9.17, 15) is 13.7 Å². The summed E-state index contributed by atoms with van der Waals surface area (Å²) in [6.45, 7) is 0. The highest BCUT2D eigenvalue weighted by Gasteiger charge is 2.29. The van der Waals surface area contributed by atoms with Gasteiger partial charge in [0.2, 0.25) is 9.84 Å². The quantitative estimate of drug-likeness (QED) is 0.659. The molecule has 0 spiro atoms. The second kappa shape index (κ2) is 6.70. The maximum atomic E-state index is 13.1. The molecule has 0 aliphatic rings. The van der Waals surface area contributed by atoms with E-state index in [0.29, 0.717) is 15.6 Å². The van der Waals surface area contributed by atoms with Gasteiger partial charge in [-0.3, -0.25) is 0 Å². The van der Waals surface area contributed by atoms with Crippen LogP contribution in [0.2, 0.25) is 10.0 Å². The molecule has 1 heterocycles. The number of anilines is 1. The van der Waals surface area contributed by atoms with Crippen molar-refractivity contribution < 1.29 is 8.42 Å². The van der Waals surface area contributed by atoms with Gasteiger partial charge < -0.3 is 5.73 Å². The molecule has 0 radical (unpaired) electrons. The van der Waals surface area contributed by atoms with Gasteiger partial charge in [-0.05, 0) is 42.0 Å². The molecule has 0 aliphatic carbocycles. The Hall–Kier alpha value is -2.04. The summed E-state index contributed by atoms with van der Waals surface area (Å²) in [6, 6.07) is 14.4. The second-order valence-corrected chi connectivity index (χ2v) is 9.15. The van der Waals surface area contributed by atoms with Crippen LogP contribution in [0.25, 0.3) is 11.1 Å². The summed E-state index contributed by atoms with van der Waals surface area (Å²) in [4.78, 5) is 0.0813. The summed E-state index contributed by atoms with van der Waals surface area (Å²) >= 11 is 12.6. The minimum absolute atomic E-state index is 0.0196. The van der Waals surface area contributed by atoms with Crippen LogP contribution in [0.3, 0.4) is 0 Å². The van der Waals surface area contributed by atoms with Crippen LogP contribution in [0.1, 0.15) is 5.56 Å². The Bertz CT molecular complexity index is 1080. The largest absolute Gasteiger partial charge is 0.389 e. The Morgan fingerprint density at radius 1 is 0.960 bits per heavy atom. The van der Waals surface area contributed by atoms with Crippen molar-refractivity contribution in [2.24, 2.45) is 0 Å². The molecule has 3 rings (SSSR count). The molecule has 0 amide bonds. The van der Waals surface area contributed by atoms with Crippen molar-refractivity contribution in [2.75, 3.05) is 5.73 Å². The van der Waals surface area contributed by atoms with Gasteiger partial charge in [-0.1, -0.05) is 35.3 Å². The third-order valence-corrected chi connectivity index (χ3v) is 7.33. The predicted molar refractivity (Wildman–Crippen MR) is 101 cm³/mol. The van der Waals surface area contributed by atoms with E-state index in [-0.39, 0.29) is 25.2 Å². The SMILES string of the molecule is N#Cc1c(N)sc(S(=O)(=O)c2ccc(Cl)cc2)c1-c1ccc(Cl)cc1. The first kappa shape index (κ1) is 17.8. The van der Waals surface area contributed by atoms with Crippen LogP contribution in [-0.2, 0) is 9.84 Å². The average Bonchev–Trinajstić information content (AvgIpc) is 2.93. The number of halogens is 2. The minimum atomic E-state index is -3.86. The summed E-state index contributed by atoms with van der Waals surface area (Å²) < 4.78 is 26.1. The zero-order valence-corrected chi connectivity index (χ0v) is 15.7. The monoisotopic (exact) mass is 408 g/mol. The van der Waals surface area contributed by atoms with E-state index in [1.54, 1.807) is 24.3 Å². The van der Waals surface area contributed by atoms with Crippen LogP contribution in [0.15, 0.2) is 57.6 Å². The molecule has 25 heavy (non-hydrogen) atoms. The third kappa shape index (κ3) is 3.24. The lowest BCUT2D eigenvalue weighted by Crippen LogP contribution is -2.01. The van der Waals surface area contributed by atoms with Crippen LogP contribution in [0, 0.1) is 11.3 Å². The summed E-state index contributed by atoms with van der Waals surface area (Å²) in [7, 11) is -3.86. The summed E-state index contributed by atoms with van der Waals surface area (Å²) in [5.41, 5.74) is 6.89. The second-order valence-electron chi connectivity index (χ2n) is 5.08. The zero-order valence-electron chi connectivity index (χ0n) is 12.5. The predicted octanol–water partition coefficient (Wildman–Crippen LogP) is 5.01. The van der Waals surface area contributed by atoms with E-state index in [2.05, 4.69) is 0 Å². The summed E-state index contributed by atoms with van der Waals surface area (Å²) in [6.07, 6.45) is 0. The number of rotatable bonds is 3. The Kier molecular flexibility index (Phi) is 4.76. The molecule has 0 fully saturated rings. The van der Waals surface area contributed by atoms with Gasteiger partial charge >= 0.3 is 0 Å². The van der Waals surface area contributed by atoms with Crippen molar-refractivity contribution in [3.05, 3.63) is 64.1 Å². The maximum absolute atomic E-state index is 13.1. The van der Waals surface area contributed by atoms with E-state index in [4.69, 9.17) is 28.9 Å². The van der Waals surface area contributed by atoms with Crippen LogP contribution in [0.4, 0.5) is 5.00 Å². The van der Waals surface area contributed by atoms with Gasteiger partial charge in [-0.2, -0.15) is 5.26 Å². The highest BCUT2D eigenvalue weighted by molar-refractivity contribution is 7.93. The smallest absolute Gasteiger partial charge is 0.216 e. The van der Waals surface area contributed by atoms with E-state index >= 15 is 0 Å². The fourth-order valence-corrected chi connectivity index (χ4v) is 5.54. The lowest BCUT2D eigenvalue weighted by atomic mass is 10.1. The molecule has 3 aromatic rings. The molecule has 2 aromatic carbocycles. The van der Waals surface area contributed by atoms with E-state index in [1.807, 2.05) is 6.07 Å². The first-order valence-electron chi connectivity index (χ1n) is 6.93. The van der Waals surface area contributed by atoms with Crippen LogP contribution in [0.5, 0.6) is 0 Å². The average molecular weight is 409 g/mol. The molecular weight excluding hydrogens is 399 g/mol. The molecule has 0 saturated carbocycles. The molecule has 126 valence electrons. The van der Waals surface area contributed by atoms with E-state index in [0.717, 1.165) is 11.3 Å². The fourth-order valence-electron chi connectivity index (χ4n) is 2.33. The van der Waals surface area contributed by atoms with Crippen LogP contribution < -0.4 is 5.73 Å². The van der Waals surface area contributed by atoms with Crippen molar-refractivity contribution in [1.29, 1.82) is 5.26 Å². The van der Waals surface area contributed by atoms with Crippen molar-refractivity contribution in [1.82, 2.24) is 0 Å². The minimum Gasteiger partial charge on any atom is -0.389 e. The van der Waals surface area contributed by atoms with E-state index < -0.39 is 9.84 Å². The van der Waals surface area contributed by atoms with Gasteiger partial charge in [-0.15, -0.1) is 11.3 Å². The van der Waals surface area contributed by atoms with Gasteiger partial charge in [0.15, 0.2) is 0 Å². The number of benzene rings is 2. The number of nitrogens with zero attached hydrogens (tertiary/aromatic N) is 1. The van der Waals surface area contributed by atoms with Crippen molar-refractivity contribution in [3.63, 3.8) is 0 Å². The molecule has 0 bridgehead atoms. The summed E-state index contributed by atoms with van der Waals surface area (Å²) in [5.74, 6) is 0. The molecule has 8 heteroatoms. The van der Waals surface area contributed by atoms with Crippen molar-refractivity contribution in [2.45, 2.75) is 9.10 Å². The highest BCUT2D eigenvalue weighted by Crippen LogP contribution is 2.43. The zero-order chi connectivity index (χ0) is 18.2. The van der Waals surface area contributed by atoms with Gasteiger partial charge in [0.05, 0.1) is 10.5 Å². The Morgan fingerprint density at radius 3 is 2.00 bits per heavy atom. The number of nitrogen functional groups attached to an aromatic ring is 1. The number of nitriles is 1. The molecule has 0 atom stereocenters. The Morgan fingerprint density at radius 2 is 1.48 bits per heavy atom. The van der Waals surface area contributed by atoms with Gasteiger partial charge in [0, 0.05) is 15.6 Å². The Balaban J connectivity index is 2.28. The first-order valence-corrected chi connectivity index (χ1v) is 9.99. The van der Waals surface area contributed by atoms with Crippen LogP contribution in [-0.4, -0.2) is 8.42 Å². The fraction of sp³-hybridized carbons (Fsp3) is 0. The number of hydrogen-bond acceptors (Lipinski definition) is 5. The highest BCUT2D eigenvalue weighted by atomic mass is 35.5. The molecular formula is C17H10Cl2N2O2S2. The first-order chi connectivity index (χ1) is 11.8. The van der Waals surface area contributed by atoms with Gasteiger partial charge in [0.1, 0.15) is 15.3 Å². The molecule has 0 aliphatic heterocycles. The van der Waals surface area contributed by atoms with Crippen molar-refractivity contribution in [3.8, 4) is 17.2 Å². The number of sulfone groups is 1. The molecule has 0 saturated heterocycles. The topological polar surface area (TPSA) is 83.9 Å². The van der Waals surface area contributed by atoms with Crippen LogP contribution >= 0.6 is 34.5 Å². The standard InChI is InChI=1S/C17H10Cl2N2O2S2/c18-11-3-1-10(2-4-11)15-14(9-20)16(21)24-17(15)25(22,23)13-7-5-12(19)6-8-13/h1-8H,21H2. The molecule has 0 unspecified atom stereocenters. The Labute approximate surface area is 159 Å². The lowest BCUT2D eigenvalue weighted by Gasteiger charge is -2.07. The maximum Gasteiger partial charge on any atom is 0.216 e. The van der Waals surface area contributed by atoms with Gasteiger partial charge in [-0.25, -0.2) is 8.42 Å². The third-order valence-electron chi connectivity index (χ3n) is 3.52. The van der Waals surface area contributed by atoms with Gasteiger partial charge in [0.25, 0.3) is 0 Å². The lowest BCUT2D eigenvalue weighted by molar-refractivity contribution is 0.598. The normalized spacial score (nSPS) is 11.2. The number of hydrogen-bond donors (Lipinski definition) is 1. The number of thiophene rings is 1. The number of nitrogens with two attached hydrogens (primary N) is 1.